The number of methoxy groups -OCH3 is 1. The van der Waals surface area contributed by atoms with Gasteiger partial charge in [0.15, 0.2) is 0 Å². The van der Waals surface area contributed by atoms with Gasteiger partial charge in [-0.05, 0) is 24.3 Å². The maximum Gasteiger partial charge on any atom is 0.337 e. The SMILES string of the molecule is COC(=O)c1ccc(Cl)c(NC(=O)c2ccnc(F)c2)c1. The quantitative estimate of drug-likeness (QED) is 0.699. The molecule has 5 nitrogen and oxygen atoms in total. The number of carbonyl (C=O) groups is 2. The molecule has 0 saturated carbocycles. The second-order valence-electron chi connectivity index (χ2n) is 4.01. The van der Waals surface area contributed by atoms with Crippen LogP contribution >= 0.6 is 11.6 Å². The summed E-state index contributed by atoms with van der Waals surface area (Å²) in [6.45, 7) is 0. The standard InChI is InChI=1S/C14H10ClFN2O3/c1-21-14(20)9-2-3-10(15)11(6-9)18-13(19)8-4-5-17-12(16)7-8/h2-7H,1H3,(H,18,19). The van der Waals surface area contributed by atoms with Gasteiger partial charge >= 0.3 is 5.97 Å². The number of benzene rings is 1. The summed E-state index contributed by atoms with van der Waals surface area (Å²) in [5.41, 5.74) is 0.543. The van der Waals surface area contributed by atoms with Crippen molar-refractivity contribution in [1.82, 2.24) is 4.98 Å². The molecule has 0 aliphatic heterocycles. The maximum absolute atomic E-state index is 13.0. The second-order valence-corrected chi connectivity index (χ2v) is 4.41. The summed E-state index contributed by atoms with van der Waals surface area (Å²) in [4.78, 5) is 26.8. The molecule has 21 heavy (non-hydrogen) atoms. The minimum atomic E-state index is -0.767. The van der Waals surface area contributed by atoms with E-state index in [0.717, 1.165) is 6.07 Å². The van der Waals surface area contributed by atoms with Crippen molar-refractivity contribution in [2.24, 2.45) is 0 Å². The van der Waals surface area contributed by atoms with Crippen LogP contribution in [-0.2, 0) is 4.74 Å². The molecule has 1 aromatic carbocycles. The number of hydrogen-bond acceptors (Lipinski definition) is 4. The van der Waals surface area contributed by atoms with E-state index in [1.54, 1.807) is 0 Å². The number of pyridine rings is 1. The molecular weight excluding hydrogens is 299 g/mol. The fourth-order valence-electron chi connectivity index (χ4n) is 1.60. The van der Waals surface area contributed by atoms with Crippen LogP contribution in [0.15, 0.2) is 36.5 Å². The predicted molar refractivity (Wildman–Crippen MR) is 74.9 cm³/mol. The molecule has 0 spiro atoms. The molecule has 7 heteroatoms. The largest absolute Gasteiger partial charge is 0.465 e. The van der Waals surface area contributed by atoms with Crippen molar-refractivity contribution in [1.29, 1.82) is 0 Å². The number of hydrogen-bond donors (Lipinski definition) is 1. The topological polar surface area (TPSA) is 68.3 Å². The Balaban J connectivity index is 2.26. The Morgan fingerprint density at radius 2 is 2.00 bits per heavy atom. The van der Waals surface area contributed by atoms with Gasteiger partial charge in [-0.1, -0.05) is 11.6 Å². The van der Waals surface area contributed by atoms with E-state index >= 15 is 0 Å². The highest BCUT2D eigenvalue weighted by Gasteiger charge is 2.13. The number of aromatic nitrogens is 1. The second kappa shape index (κ2) is 6.32. The van der Waals surface area contributed by atoms with Crippen LogP contribution in [0.2, 0.25) is 5.02 Å². The van der Waals surface area contributed by atoms with Crippen molar-refractivity contribution in [3.63, 3.8) is 0 Å². The zero-order chi connectivity index (χ0) is 15.4. The molecule has 0 radical (unpaired) electrons. The molecule has 0 bridgehead atoms. The highest BCUT2D eigenvalue weighted by molar-refractivity contribution is 6.34. The first kappa shape index (κ1) is 14.9. The van der Waals surface area contributed by atoms with Gasteiger partial charge < -0.3 is 10.1 Å². The van der Waals surface area contributed by atoms with Gasteiger partial charge in [-0.25, -0.2) is 9.78 Å². The lowest BCUT2D eigenvalue weighted by molar-refractivity contribution is 0.0600. The van der Waals surface area contributed by atoms with Crippen molar-refractivity contribution in [2.45, 2.75) is 0 Å². The van der Waals surface area contributed by atoms with E-state index < -0.39 is 17.8 Å². The molecule has 0 aliphatic carbocycles. The summed E-state index contributed by atoms with van der Waals surface area (Å²) in [7, 11) is 1.24. The number of rotatable bonds is 3. The highest BCUT2D eigenvalue weighted by atomic mass is 35.5. The summed E-state index contributed by atoms with van der Waals surface area (Å²) < 4.78 is 17.6. The average Bonchev–Trinajstić information content (AvgIpc) is 2.48. The summed E-state index contributed by atoms with van der Waals surface area (Å²) in [6, 6.07) is 6.65. The Bertz CT molecular complexity index is 706. The zero-order valence-electron chi connectivity index (χ0n) is 10.9. The molecule has 1 heterocycles. The summed E-state index contributed by atoms with van der Waals surface area (Å²) in [6.07, 6.45) is 1.18. The Morgan fingerprint density at radius 3 is 2.67 bits per heavy atom. The van der Waals surface area contributed by atoms with E-state index in [0.29, 0.717) is 0 Å². The monoisotopic (exact) mass is 308 g/mol. The van der Waals surface area contributed by atoms with Gasteiger partial charge in [0.1, 0.15) is 0 Å². The number of ether oxygens (including phenoxy) is 1. The molecule has 108 valence electrons. The lowest BCUT2D eigenvalue weighted by atomic mass is 10.2. The van der Waals surface area contributed by atoms with Crippen LogP contribution in [0.25, 0.3) is 0 Å². The Hall–Kier alpha value is -2.47. The number of anilines is 1. The predicted octanol–water partition coefficient (Wildman–Crippen LogP) is 2.91. The van der Waals surface area contributed by atoms with Crippen molar-refractivity contribution in [2.75, 3.05) is 12.4 Å². The molecule has 1 amide bonds. The van der Waals surface area contributed by atoms with E-state index in [2.05, 4.69) is 15.0 Å². The van der Waals surface area contributed by atoms with E-state index in [9.17, 15) is 14.0 Å². The number of nitrogens with one attached hydrogen (secondary N) is 1. The summed E-state index contributed by atoms with van der Waals surface area (Å²) in [5.74, 6) is -1.89. The van der Waals surface area contributed by atoms with Gasteiger partial charge in [0.05, 0.1) is 23.4 Å². The van der Waals surface area contributed by atoms with E-state index in [1.165, 1.54) is 37.6 Å². The van der Waals surface area contributed by atoms with Crippen LogP contribution in [0.1, 0.15) is 20.7 Å². The Morgan fingerprint density at radius 1 is 1.24 bits per heavy atom. The Labute approximate surface area is 124 Å². The van der Waals surface area contributed by atoms with Crippen LogP contribution in [0, 0.1) is 5.95 Å². The van der Waals surface area contributed by atoms with Crippen molar-refractivity contribution < 1.29 is 18.7 Å². The van der Waals surface area contributed by atoms with Crippen LogP contribution in [0.3, 0.4) is 0 Å². The zero-order valence-corrected chi connectivity index (χ0v) is 11.6. The Kier molecular flexibility index (Phi) is 4.49. The van der Waals surface area contributed by atoms with E-state index in [-0.39, 0.29) is 21.8 Å². The lowest BCUT2D eigenvalue weighted by Gasteiger charge is -2.09. The molecule has 1 aromatic heterocycles. The van der Waals surface area contributed by atoms with Crippen LogP contribution in [0.4, 0.5) is 10.1 Å². The fraction of sp³-hybridized carbons (Fsp3) is 0.0714. The maximum atomic E-state index is 13.0. The third-order valence-electron chi connectivity index (χ3n) is 2.62. The normalized spacial score (nSPS) is 10.0. The first-order chi connectivity index (χ1) is 10.0. The van der Waals surface area contributed by atoms with Gasteiger partial charge in [0.2, 0.25) is 5.95 Å². The highest BCUT2D eigenvalue weighted by Crippen LogP contribution is 2.24. The summed E-state index contributed by atoms with van der Waals surface area (Å²) in [5, 5.41) is 2.74. The summed E-state index contributed by atoms with van der Waals surface area (Å²) >= 11 is 5.95. The van der Waals surface area contributed by atoms with Gasteiger partial charge in [0.25, 0.3) is 5.91 Å². The molecule has 2 aromatic rings. The van der Waals surface area contributed by atoms with E-state index in [1.807, 2.05) is 0 Å². The lowest BCUT2D eigenvalue weighted by Crippen LogP contribution is -2.13. The smallest absolute Gasteiger partial charge is 0.337 e. The number of carbonyl (C=O) groups excluding carboxylic acids is 2. The number of amides is 1. The third kappa shape index (κ3) is 3.55. The molecule has 0 saturated heterocycles. The minimum Gasteiger partial charge on any atom is -0.465 e. The number of nitrogens with zero attached hydrogens (tertiary/aromatic N) is 1. The molecule has 0 unspecified atom stereocenters. The molecule has 0 atom stereocenters. The van der Waals surface area contributed by atoms with Crippen LogP contribution in [0.5, 0.6) is 0 Å². The van der Waals surface area contributed by atoms with Crippen LogP contribution in [-0.4, -0.2) is 24.0 Å². The fourth-order valence-corrected chi connectivity index (χ4v) is 1.77. The molecule has 0 aliphatic rings. The van der Waals surface area contributed by atoms with Crippen molar-refractivity contribution in [3.8, 4) is 0 Å². The number of halogens is 2. The first-order valence-electron chi connectivity index (χ1n) is 5.82. The van der Waals surface area contributed by atoms with Crippen molar-refractivity contribution >= 4 is 29.2 Å². The van der Waals surface area contributed by atoms with Crippen molar-refractivity contribution in [3.05, 3.63) is 58.6 Å². The van der Waals surface area contributed by atoms with Gasteiger partial charge in [-0.15, -0.1) is 0 Å². The van der Waals surface area contributed by atoms with E-state index in [4.69, 9.17) is 11.6 Å². The number of esters is 1. The van der Waals surface area contributed by atoms with Gasteiger partial charge in [-0.2, -0.15) is 4.39 Å². The third-order valence-corrected chi connectivity index (χ3v) is 2.95. The molecular formula is C14H10ClFN2O3. The molecule has 0 fully saturated rings. The first-order valence-corrected chi connectivity index (χ1v) is 6.20. The van der Waals surface area contributed by atoms with Crippen LogP contribution < -0.4 is 5.32 Å². The average molecular weight is 309 g/mol. The minimum absolute atomic E-state index is 0.0852. The molecule has 2 rings (SSSR count). The molecule has 1 N–H and O–H groups in total. The van der Waals surface area contributed by atoms with Gasteiger partial charge in [0, 0.05) is 17.8 Å². The van der Waals surface area contributed by atoms with Gasteiger partial charge in [-0.3, -0.25) is 4.79 Å².